The van der Waals surface area contributed by atoms with E-state index in [1.807, 2.05) is 36.5 Å². The zero-order valence-electron chi connectivity index (χ0n) is 32.8. The molecule has 51 heavy (non-hydrogen) atoms. The van der Waals surface area contributed by atoms with Gasteiger partial charge >= 0.3 is 11.9 Å². The van der Waals surface area contributed by atoms with Crippen molar-refractivity contribution in [3.05, 3.63) is 60.6 Å². The van der Waals surface area contributed by atoms with E-state index in [-0.39, 0.29) is 25.0 Å². The molecule has 1 heterocycles. The number of ether oxygens (including phenoxy) is 5. The summed E-state index contributed by atoms with van der Waals surface area (Å²) in [4.78, 5) is 33.7. The zero-order chi connectivity index (χ0) is 37.7. The Morgan fingerprint density at radius 2 is 1.18 bits per heavy atom. The van der Waals surface area contributed by atoms with Gasteiger partial charge in [-0.05, 0) is 66.0 Å². The van der Waals surface area contributed by atoms with Crippen LogP contribution in [0.15, 0.2) is 55.0 Å². The quantitative estimate of drug-likeness (QED) is 0.0799. The van der Waals surface area contributed by atoms with Crippen molar-refractivity contribution in [2.24, 2.45) is 41.4 Å². The molecule has 3 atom stereocenters. The van der Waals surface area contributed by atoms with Gasteiger partial charge in [-0.15, -0.1) is 0 Å². The fourth-order valence-electron chi connectivity index (χ4n) is 6.28. The third-order valence-electron chi connectivity index (χ3n) is 9.84. The number of hydrogen-bond acceptors (Lipinski definition) is 8. The lowest BCUT2D eigenvalue weighted by Crippen LogP contribution is -2.38. The maximum atomic E-state index is 14.5. The van der Waals surface area contributed by atoms with Gasteiger partial charge in [0.15, 0.2) is 17.4 Å². The molecule has 0 saturated heterocycles. The smallest absolute Gasteiger partial charge is 0.322 e. The summed E-state index contributed by atoms with van der Waals surface area (Å²) in [6, 6.07) is 12.4. The Kier molecular flexibility index (Phi) is 16.4. The first kappa shape index (κ1) is 41.4. The van der Waals surface area contributed by atoms with Crippen molar-refractivity contribution in [1.29, 1.82) is 0 Å². The highest BCUT2D eigenvalue weighted by Crippen LogP contribution is 2.43. The van der Waals surface area contributed by atoms with E-state index in [1.165, 1.54) is 21.3 Å². The van der Waals surface area contributed by atoms with Gasteiger partial charge in [-0.3, -0.25) is 9.59 Å². The predicted molar refractivity (Wildman–Crippen MR) is 202 cm³/mol. The Morgan fingerprint density at radius 3 is 1.59 bits per heavy atom. The van der Waals surface area contributed by atoms with Crippen LogP contribution in [0, 0.1) is 41.4 Å². The van der Waals surface area contributed by atoms with Crippen LogP contribution in [0.5, 0.6) is 17.2 Å². The van der Waals surface area contributed by atoms with Crippen LogP contribution >= 0.6 is 0 Å². The van der Waals surface area contributed by atoms with Crippen LogP contribution in [0.25, 0.3) is 11.3 Å². The molecular formula is C42H62N2O7. The number of imidazole rings is 1. The molecule has 0 radical (unpaired) electrons. The molecule has 0 amide bonds. The number of carbonyl (C=O) groups is 2. The largest absolute Gasteiger partial charge is 0.493 e. The van der Waals surface area contributed by atoms with Gasteiger partial charge in [-0.1, -0.05) is 98.6 Å². The average molecular weight is 707 g/mol. The Balaban J connectivity index is 2.17. The number of carbonyl (C=O) groups excluding carboxylic acids is 2. The highest BCUT2D eigenvalue weighted by Gasteiger charge is 2.42. The molecule has 3 unspecified atom stereocenters. The molecule has 3 aromatic rings. The SMILES string of the molecule is COc1cc(C(C(C(=O)OCC(CCC(C)C)C(C)C)C(=O)OCC(CCC(C)C)C(C)C)n2cnc(-c3ccccc3)c2)cc(OC)c1OC. The summed E-state index contributed by atoms with van der Waals surface area (Å²) in [5, 5.41) is 0. The van der Waals surface area contributed by atoms with Gasteiger partial charge in [0.1, 0.15) is 0 Å². The zero-order valence-corrected chi connectivity index (χ0v) is 32.8. The fraction of sp³-hybridized carbons (Fsp3) is 0.595. The first-order valence-corrected chi connectivity index (χ1v) is 18.5. The molecule has 0 spiro atoms. The molecule has 0 aliphatic heterocycles. The predicted octanol–water partition coefficient (Wildman–Crippen LogP) is 9.28. The molecule has 0 N–H and O–H groups in total. The molecule has 0 fully saturated rings. The Bertz CT molecular complexity index is 1430. The van der Waals surface area contributed by atoms with Gasteiger partial charge in [0.2, 0.25) is 5.75 Å². The van der Waals surface area contributed by atoms with Crippen molar-refractivity contribution in [2.75, 3.05) is 34.5 Å². The molecule has 0 aliphatic carbocycles. The lowest BCUT2D eigenvalue weighted by atomic mass is 9.88. The third kappa shape index (κ3) is 11.8. The van der Waals surface area contributed by atoms with Crippen molar-refractivity contribution in [2.45, 2.75) is 87.1 Å². The third-order valence-corrected chi connectivity index (χ3v) is 9.84. The maximum absolute atomic E-state index is 14.5. The molecule has 2 aromatic carbocycles. The van der Waals surface area contributed by atoms with Crippen molar-refractivity contribution < 1.29 is 33.3 Å². The van der Waals surface area contributed by atoms with Gasteiger partial charge < -0.3 is 28.3 Å². The van der Waals surface area contributed by atoms with Crippen molar-refractivity contribution in [3.63, 3.8) is 0 Å². The van der Waals surface area contributed by atoms with Gasteiger partial charge in [0, 0.05) is 11.8 Å². The standard InChI is InChI=1S/C42H62N2O7/c1-27(2)17-19-32(29(5)6)24-50-41(45)38(42(46)51-25-33(30(7)8)20-18-28(3)4)39(34-21-36(47-9)40(49-11)37(22-34)48-10)44-23-35(43-26-44)31-15-13-12-14-16-31/h12-16,21-23,26-30,32-33,38-39H,17-20,24-25H2,1-11H3. The summed E-state index contributed by atoms with van der Waals surface area (Å²) in [6.07, 6.45) is 7.36. The Morgan fingerprint density at radius 1 is 0.686 bits per heavy atom. The number of benzene rings is 2. The Hall–Kier alpha value is -4.01. The van der Waals surface area contributed by atoms with E-state index in [4.69, 9.17) is 28.7 Å². The van der Waals surface area contributed by atoms with Crippen LogP contribution in [-0.2, 0) is 19.1 Å². The van der Waals surface area contributed by atoms with Crippen molar-refractivity contribution in [3.8, 4) is 28.5 Å². The molecule has 9 nitrogen and oxygen atoms in total. The molecule has 0 aliphatic rings. The van der Waals surface area contributed by atoms with Crippen LogP contribution in [0.4, 0.5) is 0 Å². The number of esters is 2. The maximum Gasteiger partial charge on any atom is 0.322 e. The minimum Gasteiger partial charge on any atom is -0.493 e. The van der Waals surface area contributed by atoms with E-state index in [2.05, 4.69) is 55.4 Å². The van der Waals surface area contributed by atoms with Crippen LogP contribution in [0.1, 0.15) is 92.7 Å². The first-order valence-electron chi connectivity index (χ1n) is 18.5. The molecule has 0 saturated carbocycles. The Labute approximate surface area is 306 Å². The fourth-order valence-corrected chi connectivity index (χ4v) is 6.28. The van der Waals surface area contributed by atoms with Gasteiger partial charge in [0.25, 0.3) is 0 Å². The van der Waals surface area contributed by atoms with Crippen LogP contribution in [0.3, 0.4) is 0 Å². The number of aromatic nitrogens is 2. The molecular weight excluding hydrogens is 644 g/mol. The second kappa shape index (κ2) is 20.1. The molecule has 282 valence electrons. The van der Waals surface area contributed by atoms with E-state index in [0.29, 0.717) is 52.2 Å². The van der Waals surface area contributed by atoms with Gasteiger partial charge in [-0.25, -0.2) is 4.98 Å². The van der Waals surface area contributed by atoms with E-state index in [1.54, 1.807) is 23.0 Å². The monoisotopic (exact) mass is 706 g/mol. The lowest BCUT2D eigenvalue weighted by Gasteiger charge is -2.29. The molecule has 3 rings (SSSR count). The summed E-state index contributed by atoms with van der Waals surface area (Å²) in [5.74, 6) is 0.461. The summed E-state index contributed by atoms with van der Waals surface area (Å²) in [7, 11) is 4.60. The minimum atomic E-state index is -1.36. The number of rotatable bonds is 21. The van der Waals surface area contributed by atoms with Crippen LogP contribution in [-0.4, -0.2) is 56.0 Å². The second-order valence-corrected chi connectivity index (χ2v) is 15.2. The number of nitrogens with zero attached hydrogens (tertiary/aromatic N) is 2. The number of hydrogen-bond donors (Lipinski definition) is 0. The second-order valence-electron chi connectivity index (χ2n) is 15.2. The number of methoxy groups -OCH3 is 3. The van der Waals surface area contributed by atoms with E-state index >= 15 is 0 Å². The summed E-state index contributed by atoms with van der Waals surface area (Å²) >= 11 is 0. The topological polar surface area (TPSA) is 98.1 Å². The lowest BCUT2D eigenvalue weighted by molar-refractivity contribution is -0.166. The van der Waals surface area contributed by atoms with Gasteiger partial charge in [0.05, 0.1) is 52.6 Å². The van der Waals surface area contributed by atoms with Crippen LogP contribution in [0.2, 0.25) is 0 Å². The van der Waals surface area contributed by atoms with Gasteiger partial charge in [-0.2, -0.15) is 0 Å². The summed E-state index contributed by atoms with van der Waals surface area (Å²) < 4.78 is 31.1. The highest BCUT2D eigenvalue weighted by molar-refractivity contribution is 5.96. The van der Waals surface area contributed by atoms with Crippen LogP contribution < -0.4 is 14.2 Å². The van der Waals surface area contributed by atoms with Crippen molar-refractivity contribution >= 4 is 11.9 Å². The summed E-state index contributed by atoms with van der Waals surface area (Å²) in [5.41, 5.74) is 2.16. The highest BCUT2D eigenvalue weighted by atomic mass is 16.6. The molecule has 9 heteroatoms. The van der Waals surface area contributed by atoms with Crippen molar-refractivity contribution in [1.82, 2.24) is 9.55 Å². The van der Waals surface area contributed by atoms with E-state index in [0.717, 1.165) is 31.2 Å². The molecule has 0 bridgehead atoms. The molecule has 1 aromatic heterocycles. The summed E-state index contributed by atoms with van der Waals surface area (Å²) in [6.45, 7) is 17.7. The van der Waals surface area contributed by atoms with E-state index in [9.17, 15) is 9.59 Å². The van der Waals surface area contributed by atoms with E-state index < -0.39 is 23.9 Å². The minimum absolute atomic E-state index is 0.145. The first-order chi connectivity index (χ1) is 24.3. The average Bonchev–Trinajstić information content (AvgIpc) is 3.59. The normalized spacial score (nSPS) is 14.0.